The molecule has 0 aliphatic heterocycles. The number of rotatable bonds is 4. The van der Waals surface area contributed by atoms with Crippen LogP contribution in [0, 0.1) is 0 Å². The smallest absolute Gasteiger partial charge is 0.512 e. The van der Waals surface area contributed by atoms with E-state index in [-0.39, 0.29) is 0 Å². The Hall–Kier alpha value is -1.30. The summed E-state index contributed by atoms with van der Waals surface area (Å²) in [6.07, 6.45) is 0.829. The molecule has 0 amide bonds. The van der Waals surface area contributed by atoms with Gasteiger partial charge in [-0.3, -0.25) is 0 Å². The highest BCUT2D eigenvalue weighted by Crippen LogP contribution is 2.17. The summed E-state index contributed by atoms with van der Waals surface area (Å²) in [4.78, 5) is 0. The molecule has 2 aromatic carbocycles. The van der Waals surface area contributed by atoms with Crippen molar-refractivity contribution in [1.82, 2.24) is 0 Å². The van der Waals surface area contributed by atoms with Gasteiger partial charge in [0.2, 0.25) is 0 Å². The molecular formula is C13H12BBrO3. The van der Waals surface area contributed by atoms with Gasteiger partial charge < -0.3 is 14.7 Å². The molecule has 0 aliphatic rings. The molecule has 0 saturated heterocycles. The van der Waals surface area contributed by atoms with Crippen molar-refractivity contribution in [2.45, 2.75) is 6.42 Å². The van der Waals surface area contributed by atoms with Crippen molar-refractivity contribution in [3.63, 3.8) is 0 Å². The molecule has 0 aromatic heterocycles. The van der Waals surface area contributed by atoms with E-state index in [2.05, 4.69) is 28.1 Å². The van der Waals surface area contributed by atoms with Crippen molar-refractivity contribution in [1.29, 1.82) is 0 Å². The average molecular weight is 307 g/mol. The van der Waals surface area contributed by atoms with Crippen LogP contribution in [0.3, 0.4) is 0 Å². The molecule has 18 heavy (non-hydrogen) atoms. The fraction of sp³-hybridized carbons (Fsp3) is 0.0769. The van der Waals surface area contributed by atoms with Crippen molar-refractivity contribution in [3.8, 4) is 5.75 Å². The summed E-state index contributed by atoms with van der Waals surface area (Å²) in [7, 11) is -1.78. The molecule has 92 valence electrons. The van der Waals surface area contributed by atoms with Gasteiger partial charge in [-0.15, -0.1) is 0 Å². The minimum atomic E-state index is -1.78. The first-order valence-corrected chi connectivity index (χ1v) is 6.29. The molecule has 2 N–H and O–H groups in total. The van der Waals surface area contributed by atoms with Crippen LogP contribution >= 0.6 is 15.9 Å². The van der Waals surface area contributed by atoms with Gasteiger partial charge in [0.1, 0.15) is 5.75 Å². The van der Waals surface area contributed by atoms with Gasteiger partial charge in [-0.2, -0.15) is 0 Å². The van der Waals surface area contributed by atoms with Crippen molar-refractivity contribution < 1.29 is 14.7 Å². The lowest BCUT2D eigenvalue weighted by Crippen LogP contribution is -2.20. The number of hydrogen-bond acceptors (Lipinski definition) is 3. The van der Waals surface area contributed by atoms with E-state index in [0.717, 1.165) is 16.5 Å². The lowest BCUT2D eigenvalue weighted by atomic mass is 10.1. The molecule has 0 heterocycles. The summed E-state index contributed by atoms with van der Waals surface area (Å²) in [6.45, 7) is 0. The van der Waals surface area contributed by atoms with Gasteiger partial charge in [0, 0.05) is 4.47 Å². The molecule has 3 nitrogen and oxygen atoms in total. The van der Waals surface area contributed by atoms with Crippen molar-refractivity contribution in [3.05, 3.63) is 64.1 Å². The fourth-order valence-electron chi connectivity index (χ4n) is 1.65. The van der Waals surface area contributed by atoms with E-state index in [4.69, 9.17) is 14.7 Å². The van der Waals surface area contributed by atoms with Crippen LogP contribution in [0.15, 0.2) is 53.0 Å². The Morgan fingerprint density at radius 3 is 1.89 bits per heavy atom. The van der Waals surface area contributed by atoms with Crippen LogP contribution in [-0.2, 0) is 6.42 Å². The zero-order valence-corrected chi connectivity index (χ0v) is 11.2. The van der Waals surface area contributed by atoms with Crippen LogP contribution in [0.5, 0.6) is 5.75 Å². The van der Waals surface area contributed by atoms with Crippen molar-refractivity contribution >= 4 is 23.3 Å². The van der Waals surface area contributed by atoms with Crippen molar-refractivity contribution in [2.75, 3.05) is 0 Å². The molecule has 0 radical (unpaired) electrons. The molecule has 0 fully saturated rings. The Bertz CT molecular complexity index is 497. The molecule has 0 aliphatic carbocycles. The fourth-order valence-corrected chi connectivity index (χ4v) is 1.91. The lowest BCUT2D eigenvalue weighted by molar-refractivity contribution is 0.288. The second-order valence-corrected chi connectivity index (χ2v) is 4.81. The molecular weight excluding hydrogens is 295 g/mol. The Morgan fingerprint density at radius 2 is 1.39 bits per heavy atom. The van der Waals surface area contributed by atoms with Gasteiger partial charge in [-0.05, 0) is 41.8 Å². The normalized spacial score (nSPS) is 10.2. The highest BCUT2D eigenvalue weighted by molar-refractivity contribution is 9.10. The van der Waals surface area contributed by atoms with Crippen LogP contribution in [0.25, 0.3) is 0 Å². The predicted molar refractivity (Wildman–Crippen MR) is 74.2 cm³/mol. The van der Waals surface area contributed by atoms with E-state index in [1.54, 1.807) is 12.1 Å². The van der Waals surface area contributed by atoms with Gasteiger partial charge in [0.05, 0.1) is 0 Å². The van der Waals surface area contributed by atoms with Gasteiger partial charge in [-0.25, -0.2) is 0 Å². The maximum atomic E-state index is 8.67. The van der Waals surface area contributed by atoms with Crippen molar-refractivity contribution in [2.24, 2.45) is 0 Å². The summed E-state index contributed by atoms with van der Waals surface area (Å²) < 4.78 is 5.80. The van der Waals surface area contributed by atoms with Crippen LogP contribution in [-0.4, -0.2) is 17.4 Å². The second kappa shape index (κ2) is 6.04. The summed E-state index contributed by atoms with van der Waals surface area (Å²) in [5.74, 6) is 0.435. The quantitative estimate of drug-likeness (QED) is 0.853. The maximum absolute atomic E-state index is 8.67. The first kappa shape index (κ1) is 13.1. The molecule has 0 atom stereocenters. The van der Waals surface area contributed by atoms with E-state index >= 15 is 0 Å². The minimum Gasteiger partial charge on any atom is -0.512 e. The molecule has 2 aromatic rings. The van der Waals surface area contributed by atoms with Gasteiger partial charge in [0.25, 0.3) is 0 Å². The Balaban J connectivity index is 2.04. The van der Waals surface area contributed by atoms with E-state index in [1.165, 1.54) is 5.56 Å². The minimum absolute atomic E-state index is 0.435. The van der Waals surface area contributed by atoms with Crippen LogP contribution in [0.1, 0.15) is 11.1 Å². The molecule has 5 heteroatoms. The third-order valence-corrected chi connectivity index (χ3v) is 3.02. The first-order chi connectivity index (χ1) is 8.63. The van der Waals surface area contributed by atoms with Gasteiger partial charge >= 0.3 is 7.32 Å². The molecule has 0 saturated carbocycles. The molecule has 2 rings (SSSR count). The van der Waals surface area contributed by atoms with Gasteiger partial charge in [0.15, 0.2) is 0 Å². The van der Waals surface area contributed by atoms with Gasteiger partial charge in [-0.1, -0.05) is 40.2 Å². The summed E-state index contributed by atoms with van der Waals surface area (Å²) in [5.41, 5.74) is 2.35. The predicted octanol–water partition coefficient (Wildman–Crippen LogP) is 2.39. The van der Waals surface area contributed by atoms with Crippen LogP contribution < -0.4 is 4.65 Å². The third kappa shape index (κ3) is 3.87. The Labute approximate surface area is 114 Å². The summed E-state index contributed by atoms with van der Waals surface area (Å²) in [5, 5.41) is 17.3. The van der Waals surface area contributed by atoms with E-state index in [0.29, 0.717) is 5.75 Å². The molecule has 0 bridgehead atoms. The second-order valence-electron chi connectivity index (χ2n) is 3.89. The zero-order chi connectivity index (χ0) is 13.0. The molecule has 0 unspecified atom stereocenters. The lowest BCUT2D eigenvalue weighted by Gasteiger charge is -2.06. The Morgan fingerprint density at radius 1 is 0.889 bits per heavy atom. The average Bonchev–Trinajstić information content (AvgIpc) is 2.34. The third-order valence-electron chi connectivity index (χ3n) is 2.49. The highest BCUT2D eigenvalue weighted by atomic mass is 79.9. The number of benzene rings is 2. The first-order valence-electron chi connectivity index (χ1n) is 5.50. The number of halogens is 1. The van der Waals surface area contributed by atoms with E-state index in [1.807, 2.05) is 24.3 Å². The standard InChI is InChI=1S/C13H12BBrO3/c15-12-5-1-10(2-6-12)9-11-3-7-13(8-4-11)18-14(16)17/h1-8,16-17H,9H2. The van der Waals surface area contributed by atoms with Crippen LogP contribution in [0.4, 0.5) is 0 Å². The largest absolute Gasteiger partial charge is 0.707 e. The zero-order valence-electron chi connectivity index (χ0n) is 9.58. The topological polar surface area (TPSA) is 49.7 Å². The van der Waals surface area contributed by atoms with E-state index < -0.39 is 7.32 Å². The highest BCUT2D eigenvalue weighted by Gasteiger charge is 2.10. The molecule has 0 spiro atoms. The maximum Gasteiger partial charge on any atom is 0.707 e. The monoisotopic (exact) mass is 306 g/mol. The Kier molecular flexibility index (Phi) is 4.41. The number of hydrogen-bond donors (Lipinski definition) is 2. The summed E-state index contributed by atoms with van der Waals surface area (Å²) in [6, 6.07) is 15.4. The summed E-state index contributed by atoms with van der Waals surface area (Å²) >= 11 is 3.40. The SMILES string of the molecule is OB(O)Oc1ccc(Cc2ccc(Br)cc2)cc1. The van der Waals surface area contributed by atoms with Crippen LogP contribution in [0.2, 0.25) is 0 Å². The van der Waals surface area contributed by atoms with E-state index in [9.17, 15) is 0 Å².